The zero-order valence-electron chi connectivity index (χ0n) is 11.0. The van der Waals surface area contributed by atoms with Gasteiger partial charge in [-0.25, -0.2) is 13.1 Å². The molecule has 1 fully saturated rings. The van der Waals surface area contributed by atoms with Crippen molar-refractivity contribution in [3.63, 3.8) is 0 Å². The average molecular weight is 288 g/mol. The van der Waals surface area contributed by atoms with Gasteiger partial charge in [0.05, 0.1) is 12.0 Å². The Balaban J connectivity index is 2.64. The number of hydrogen-bond donors (Lipinski definition) is 2. The topological polar surface area (TPSA) is 107 Å². The first-order valence-electron chi connectivity index (χ1n) is 6.53. The second-order valence-corrected chi connectivity index (χ2v) is 6.86. The third-order valence-electron chi connectivity index (χ3n) is 3.66. The molecule has 2 N–H and O–H groups in total. The summed E-state index contributed by atoms with van der Waals surface area (Å²) in [7, 11) is -3.68. The first-order valence-corrected chi connectivity index (χ1v) is 8.08. The normalized spacial score (nSPS) is 25.5. The van der Waals surface area contributed by atoms with Crippen molar-refractivity contribution in [2.24, 2.45) is 11.8 Å². The Morgan fingerprint density at radius 3 is 2.63 bits per heavy atom. The maximum Gasteiger partial charge on any atom is 0.306 e. The summed E-state index contributed by atoms with van der Waals surface area (Å²) in [4.78, 5) is 11.1. The van der Waals surface area contributed by atoms with Crippen LogP contribution in [0.5, 0.6) is 0 Å². The van der Waals surface area contributed by atoms with Crippen LogP contribution in [0.3, 0.4) is 0 Å². The SMILES string of the molecule is CCC(C#N)S(=O)(=O)NCC1CCCCC1C(=O)O. The number of aliphatic carboxylic acids is 1. The van der Waals surface area contributed by atoms with E-state index < -0.39 is 27.2 Å². The van der Waals surface area contributed by atoms with Gasteiger partial charge in [0, 0.05) is 6.54 Å². The molecular formula is C12H20N2O4S. The molecule has 1 aliphatic rings. The molecule has 108 valence electrons. The van der Waals surface area contributed by atoms with Crippen LogP contribution in [0.4, 0.5) is 0 Å². The highest BCUT2D eigenvalue weighted by molar-refractivity contribution is 7.90. The molecule has 6 nitrogen and oxygen atoms in total. The Kier molecular flexibility index (Phi) is 5.76. The lowest BCUT2D eigenvalue weighted by atomic mass is 9.79. The van der Waals surface area contributed by atoms with Gasteiger partial charge in [0.2, 0.25) is 10.0 Å². The Morgan fingerprint density at radius 1 is 1.47 bits per heavy atom. The molecule has 1 rings (SSSR count). The van der Waals surface area contributed by atoms with Crippen molar-refractivity contribution in [1.82, 2.24) is 4.72 Å². The first-order chi connectivity index (χ1) is 8.92. The number of hydrogen-bond acceptors (Lipinski definition) is 4. The fourth-order valence-corrected chi connectivity index (χ4v) is 3.71. The quantitative estimate of drug-likeness (QED) is 0.761. The Morgan fingerprint density at radius 2 is 2.11 bits per heavy atom. The van der Waals surface area contributed by atoms with E-state index in [1.54, 1.807) is 13.0 Å². The van der Waals surface area contributed by atoms with E-state index >= 15 is 0 Å². The lowest BCUT2D eigenvalue weighted by molar-refractivity contribution is -0.144. The van der Waals surface area contributed by atoms with Gasteiger partial charge in [-0.2, -0.15) is 5.26 Å². The fraction of sp³-hybridized carbons (Fsp3) is 0.833. The van der Waals surface area contributed by atoms with Gasteiger partial charge in [-0.1, -0.05) is 19.8 Å². The van der Waals surface area contributed by atoms with E-state index in [1.165, 1.54) is 0 Å². The number of nitrogens with zero attached hydrogens (tertiary/aromatic N) is 1. The van der Waals surface area contributed by atoms with E-state index in [1.807, 2.05) is 0 Å². The largest absolute Gasteiger partial charge is 0.481 e. The summed E-state index contributed by atoms with van der Waals surface area (Å²) in [5.74, 6) is -1.54. The minimum atomic E-state index is -3.68. The van der Waals surface area contributed by atoms with Crippen molar-refractivity contribution in [3.8, 4) is 6.07 Å². The minimum Gasteiger partial charge on any atom is -0.481 e. The molecule has 0 aromatic rings. The predicted molar refractivity (Wildman–Crippen MR) is 69.7 cm³/mol. The highest BCUT2D eigenvalue weighted by atomic mass is 32.2. The fourth-order valence-electron chi connectivity index (χ4n) is 2.48. The molecule has 19 heavy (non-hydrogen) atoms. The molecule has 0 heterocycles. The Hall–Kier alpha value is -1.13. The van der Waals surface area contributed by atoms with E-state index in [9.17, 15) is 13.2 Å². The summed E-state index contributed by atoms with van der Waals surface area (Å²) in [5, 5.41) is 16.8. The van der Waals surface area contributed by atoms with Gasteiger partial charge in [-0.3, -0.25) is 4.79 Å². The smallest absolute Gasteiger partial charge is 0.306 e. The monoisotopic (exact) mass is 288 g/mol. The number of carboxylic acid groups (broad SMARTS) is 1. The van der Waals surface area contributed by atoms with Crippen molar-refractivity contribution in [2.45, 2.75) is 44.3 Å². The molecule has 7 heteroatoms. The van der Waals surface area contributed by atoms with Gasteiger partial charge in [0.25, 0.3) is 0 Å². The molecule has 0 radical (unpaired) electrons. The molecule has 0 spiro atoms. The minimum absolute atomic E-state index is 0.109. The third-order valence-corrected chi connectivity index (χ3v) is 5.42. The van der Waals surface area contributed by atoms with E-state index in [4.69, 9.17) is 10.4 Å². The second-order valence-electron chi connectivity index (χ2n) is 4.91. The molecule has 1 saturated carbocycles. The number of nitriles is 1. The van der Waals surface area contributed by atoms with Crippen LogP contribution in [0.15, 0.2) is 0 Å². The summed E-state index contributed by atoms with van der Waals surface area (Å²) < 4.78 is 26.1. The molecule has 0 bridgehead atoms. The van der Waals surface area contributed by atoms with E-state index in [-0.39, 0.29) is 18.9 Å². The number of carboxylic acids is 1. The average Bonchev–Trinajstić information content (AvgIpc) is 2.38. The van der Waals surface area contributed by atoms with E-state index in [2.05, 4.69) is 4.72 Å². The van der Waals surface area contributed by atoms with Crippen molar-refractivity contribution in [2.75, 3.05) is 6.54 Å². The number of nitrogens with one attached hydrogen (secondary N) is 1. The van der Waals surface area contributed by atoms with Crippen LogP contribution in [-0.2, 0) is 14.8 Å². The third kappa shape index (κ3) is 4.18. The second kappa shape index (κ2) is 6.87. The molecular weight excluding hydrogens is 268 g/mol. The van der Waals surface area contributed by atoms with Crippen LogP contribution in [0.25, 0.3) is 0 Å². The molecule has 3 atom stereocenters. The van der Waals surface area contributed by atoms with E-state index in [0.717, 1.165) is 12.8 Å². The summed E-state index contributed by atoms with van der Waals surface area (Å²) >= 11 is 0. The summed E-state index contributed by atoms with van der Waals surface area (Å²) in [6, 6.07) is 1.75. The zero-order valence-corrected chi connectivity index (χ0v) is 11.8. The number of rotatable bonds is 6. The van der Waals surface area contributed by atoms with Crippen LogP contribution in [0, 0.1) is 23.2 Å². The van der Waals surface area contributed by atoms with Crippen LogP contribution in [-0.4, -0.2) is 31.3 Å². The van der Waals surface area contributed by atoms with Gasteiger partial charge in [-0.15, -0.1) is 0 Å². The first kappa shape index (κ1) is 15.9. The maximum atomic E-state index is 11.8. The maximum absolute atomic E-state index is 11.8. The van der Waals surface area contributed by atoms with Crippen LogP contribution in [0.2, 0.25) is 0 Å². The standard InChI is InChI=1S/C12H20N2O4S/c1-2-10(7-13)19(17,18)14-8-9-5-3-4-6-11(9)12(15)16/h9-11,14H,2-6,8H2,1H3,(H,15,16). The summed E-state index contributed by atoms with van der Waals surface area (Å²) in [6.07, 6.45) is 3.32. The highest BCUT2D eigenvalue weighted by Crippen LogP contribution is 2.30. The molecule has 0 saturated heterocycles. The van der Waals surface area contributed by atoms with Crippen LogP contribution < -0.4 is 4.72 Å². The van der Waals surface area contributed by atoms with Gasteiger partial charge < -0.3 is 5.11 Å². The number of sulfonamides is 1. The molecule has 0 aromatic carbocycles. The van der Waals surface area contributed by atoms with Crippen LogP contribution >= 0.6 is 0 Å². The van der Waals surface area contributed by atoms with Crippen molar-refractivity contribution >= 4 is 16.0 Å². The molecule has 0 aliphatic heterocycles. The lowest BCUT2D eigenvalue weighted by Gasteiger charge is -2.28. The van der Waals surface area contributed by atoms with Gasteiger partial charge in [-0.05, 0) is 25.2 Å². The predicted octanol–water partition coefficient (Wildman–Crippen LogP) is 1.10. The zero-order chi connectivity index (χ0) is 14.5. The van der Waals surface area contributed by atoms with Gasteiger partial charge >= 0.3 is 5.97 Å². The molecule has 0 amide bonds. The van der Waals surface area contributed by atoms with Crippen molar-refractivity contribution in [1.29, 1.82) is 5.26 Å². The molecule has 1 aliphatic carbocycles. The summed E-state index contributed by atoms with van der Waals surface area (Å²) in [5.41, 5.74) is 0. The van der Waals surface area contributed by atoms with Gasteiger partial charge in [0.15, 0.2) is 5.25 Å². The van der Waals surface area contributed by atoms with Crippen LogP contribution in [0.1, 0.15) is 39.0 Å². The highest BCUT2D eigenvalue weighted by Gasteiger charge is 2.32. The molecule has 3 unspecified atom stereocenters. The van der Waals surface area contributed by atoms with Crippen molar-refractivity contribution < 1.29 is 18.3 Å². The number of carbonyl (C=O) groups is 1. The van der Waals surface area contributed by atoms with E-state index in [0.29, 0.717) is 12.8 Å². The van der Waals surface area contributed by atoms with Crippen molar-refractivity contribution in [3.05, 3.63) is 0 Å². The molecule has 0 aromatic heterocycles. The Labute approximate surface area is 113 Å². The summed E-state index contributed by atoms with van der Waals surface area (Å²) in [6.45, 7) is 1.74. The Bertz CT molecular complexity index is 455. The lowest BCUT2D eigenvalue weighted by Crippen LogP contribution is -2.40. The van der Waals surface area contributed by atoms with Gasteiger partial charge in [0.1, 0.15) is 0 Å².